The van der Waals surface area contributed by atoms with E-state index in [1.165, 1.54) is 10.9 Å². The number of anilines is 1. The highest BCUT2D eigenvalue weighted by molar-refractivity contribution is 5.95. The summed E-state index contributed by atoms with van der Waals surface area (Å²) >= 11 is 0. The van der Waals surface area contributed by atoms with E-state index < -0.39 is 0 Å². The number of carbonyl (C=O) groups excluding carboxylic acids is 1. The highest BCUT2D eigenvalue weighted by Crippen LogP contribution is 2.21. The number of aromatic nitrogens is 2. The number of nitrogen functional groups attached to an aromatic ring is 1. The van der Waals surface area contributed by atoms with E-state index in [-0.39, 0.29) is 11.7 Å². The number of nitrogens with zero attached hydrogens (tertiary/aromatic N) is 3. The summed E-state index contributed by atoms with van der Waals surface area (Å²) in [7, 11) is 0. The second-order valence-corrected chi connectivity index (χ2v) is 4.77. The first-order valence-corrected chi connectivity index (χ1v) is 6.34. The maximum atomic E-state index is 12.0. The Hall–Kier alpha value is -2.81. The Morgan fingerprint density at radius 2 is 2.30 bits per heavy atom. The average molecular weight is 267 g/mol. The second-order valence-electron chi connectivity index (χ2n) is 4.77. The zero-order valence-electron chi connectivity index (χ0n) is 10.7. The van der Waals surface area contributed by atoms with Crippen molar-refractivity contribution in [2.24, 2.45) is 0 Å². The lowest BCUT2D eigenvalue weighted by Crippen LogP contribution is -2.25. The Balaban J connectivity index is 1.92. The average Bonchev–Trinajstić information content (AvgIpc) is 3.19. The Labute approximate surface area is 115 Å². The molecule has 0 saturated heterocycles. The minimum absolute atomic E-state index is 0.0967. The van der Waals surface area contributed by atoms with Crippen LogP contribution < -0.4 is 11.1 Å². The number of nitrogens with one attached hydrogen (secondary N) is 1. The maximum Gasteiger partial charge on any atom is 0.251 e. The molecule has 1 aromatic carbocycles. The lowest BCUT2D eigenvalue weighted by Gasteiger charge is -2.07. The van der Waals surface area contributed by atoms with E-state index in [9.17, 15) is 4.79 Å². The van der Waals surface area contributed by atoms with Gasteiger partial charge in [0.25, 0.3) is 5.91 Å². The Bertz CT molecular complexity index is 709. The highest BCUT2D eigenvalue weighted by atomic mass is 16.1. The smallest absolute Gasteiger partial charge is 0.251 e. The van der Waals surface area contributed by atoms with Gasteiger partial charge in [-0.1, -0.05) is 6.07 Å². The first-order chi connectivity index (χ1) is 9.69. The largest absolute Gasteiger partial charge is 0.382 e. The molecule has 1 aliphatic rings. The van der Waals surface area contributed by atoms with E-state index in [1.807, 2.05) is 6.07 Å². The summed E-state index contributed by atoms with van der Waals surface area (Å²) in [6.45, 7) is 0. The van der Waals surface area contributed by atoms with Crippen molar-refractivity contribution in [3.05, 3.63) is 41.6 Å². The van der Waals surface area contributed by atoms with E-state index in [0.29, 0.717) is 22.9 Å². The quantitative estimate of drug-likeness (QED) is 0.873. The Morgan fingerprint density at radius 1 is 1.50 bits per heavy atom. The highest BCUT2D eigenvalue weighted by Gasteiger charge is 2.23. The minimum Gasteiger partial charge on any atom is -0.382 e. The van der Waals surface area contributed by atoms with E-state index >= 15 is 0 Å². The molecule has 0 radical (unpaired) electrons. The molecule has 1 amide bonds. The van der Waals surface area contributed by atoms with Crippen LogP contribution in [-0.4, -0.2) is 21.7 Å². The predicted octanol–water partition coefficient (Wildman–Crippen LogP) is 1.22. The van der Waals surface area contributed by atoms with Gasteiger partial charge in [0.15, 0.2) is 0 Å². The van der Waals surface area contributed by atoms with Crippen LogP contribution in [-0.2, 0) is 0 Å². The van der Waals surface area contributed by atoms with Crippen molar-refractivity contribution in [3.8, 4) is 11.8 Å². The van der Waals surface area contributed by atoms with Crippen molar-refractivity contribution in [1.29, 1.82) is 5.26 Å². The van der Waals surface area contributed by atoms with Crippen molar-refractivity contribution in [3.63, 3.8) is 0 Å². The third-order valence-electron chi connectivity index (χ3n) is 3.19. The standard InChI is InChI=1S/C14H13N5O/c15-7-10-8-17-19(13(10)16)12-3-1-2-9(6-12)14(20)18-11-4-5-11/h1-3,6,8,11H,4-5,16H2,(H,18,20). The number of amides is 1. The topological polar surface area (TPSA) is 96.7 Å². The van der Waals surface area contributed by atoms with Crippen molar-refractivity contribution in [2.45, 2.75) is 18.9 Å². The number of benzene rings is 1. The number of carbonyl (C=O) groups is 1. The van der Waals surface area contributed by atoms with Crippen LogP contribution in [0.3, 0.4) is 0 Å². The lowest BCUT2D eigenvalue weighted by atomic mass is 10.2. The van der Waals surface area contributed by atoms with E-state index in [2.05, 4.69) is 10.4 Å². The fourth-order valence-electron chi connectivity index (χ4n) is 1.93. The van der Waals surface area contributed by atoms with Gasteiger partial charge in [-0.15, -0.1) is 0 Å². The molecule has 0 spiro atoms. The molecule has 1 fully saturated rings. The molecule has 1 aliphatic carbocycles. The van der Waals surface area contributed by atoms with Gasteiger partial charge in [-0.3, -0.25) is 4.79 Å². The third-order valence-corrected chi connectivity index (χ3v) is 3.19. The van der Waals surface area contributed by atoms with Crippen molar-refractivity contribution in [1.82, 2.24) is 15.1 Å². The van der Waals surface area contributed by atoms with E-state index in [4.69, 9.17) is 11.0 Å². The number of hydrogen-bond donors (Lipinski definition) is 2. The van der Waals surface area contributed by atoms with Crippen molar-refractivity contribution < 1.29 is 4.79 Å². The Morgan fingerprint density at radius 3 is 2.95 bits per heavy atom. The summed E-state index contributed by atoms with van der Waals surface area (Å²) in [6.07, 6.45) is 3.50. The number of rotatable bonds is 3. The van der Waals surface area contributed by atoms with Gasteiger partial charge in [-0.2, -0.15) is 10.4 Å². The van der Waals surface area contributed by atoms with Crippen LogP contribution in [0.2, 0.25) is 0 Å². The summed E-state index contributed by atoms with van der Waals surface area (Å²) < 4.78 is 1.45. The van der Waals surface area contributed by atoms with Crippen LogP contribution in [0.15, 0.2) is 30.5 Å². The molecule has 6 nitrogen and oxygen atoms in total. The van der Waals surface area contributed by atoms with Gasteiger partial charge < -0.3 is 11.1 Å². The van der Waals surface area contributed by atoms with E-state index in [1.54, 1.807) is 24.3 Å². The van der Waals surface area contributed by atoms with Crippen LogP contribution in [0.25, 0.3) is 5.69 Å². The summed E-state index contributed by atoms with van der Waals surface area (Å²) in [5.74, 6) is 0.174. The summed E-state index contributed by atoms with van der Waals surface area (Å²) in [6, 6.07) is 9.29. The molecule has 6 heteroatoms. The molecule has 1 heterocycles. The minimum atomic E-state index is -0.0967. The predicted molar refractivity (Wildman–Crippen MR) is 73.2 cm³/mol. The van der Waals surface area contributed by atoms with Gasteiger partial charge in [0, 0.05) is 11.6 Å². The van der Waals surface area contributed by atoms with Crippen molar-refractivity contribution in [2.75, 3.05) is 5.73 Å². The monoisotopic (exact) mass is 267 g/mol. The van der Waals surface area contributed by atoms with Crippen LogP contribution in [0.1, 0.15) is 28.8 Å². The molecule has 0 bridgehead atoms. The normalized spacial score (nSPS) is 13.8. The van der Waals surface area contributed by atoms with Crippen LogP contribution in [0.5, 0.6) is 0 Å². The molecular formula is C14H13N5O. The van der Waals surface area contributed by atoms with Gasteiger partial charge in [0.2, 0.25) is 0 Å². The molecule has 20 heavy (non-hydrogen) atoms. The van der Waals surface area contributed by atoms with Gasteiger partial charge in [0.05, 0.1) is 11.9 Å². The number of hydrogen-bond acceptors (Lipinski definition) is 4. The zero-order valence-corrected chi connectivity index (χ0v) is 10.7. The molecular weight excluding hydrogens is 254 g/mol. The molecule has 0 unspecified atom stereocenters. The fraction of sp³-hybridized carbons (Fsp3) is 0.214. The third kappa shape index (κ3) is 2.21. The molecule has 0 atom stereocenters. The summed E-state index contributed by atoms with van der Waals surface area (Å²) in [5.41, 5.74) is 7.38. The summed E-state index contributed by atoms with van der Waals surface area (Å²) in [4.78, 5) is 12.0. The SMILES string of the molecule is N#Cc1cnn(-c2cccc(C(=O)NC3CC3)c2)c1N. The molecule has 100 valence electrons. The first kappa shape index (κ1) is 12.2. The van der Waals surface area contributed by atoms with Crippen LogP contribution >= 0.6 is 0 Å². The summed E-state index contributed by atoms with van der Waals surface area (Å²) in [5, 5.41) is 15.9. The molecule has 3 rings (SSSR count). The molecule has 1 saturated carbocycles. The van der Waals surface area contributed by atoms with Gasteiger partial charge in [0.1, 0.15) is 17.5 Å². The van der Waals surface area contributed by atoms with Gasteiger partial charge >= 0.3 is 0 Å². The fourth-order valence-corrected chi connectivity index (χ4v) is 1.93. The van der Waals surface area contributed by atoms with Gasteiger partial charge in [-0.25, -0.2) is 4.68 Å². The first-order valence-electron chi connectivity index (χ1n) is 6.34. The van der Waals surface area contributed by atoms with E-state index in [0.717, 1.165) is 12.8 Å². The van der Waals surface area contributed by atoms with Crippen molar-refractivity contribution >= 4 is 11.7 Å². The number of nitriles is 1. The zero-order chi connectivity index (χ0) is 14.1. The second kappa shape index (κ2) is 4.70. The molecule has 1 aromatic heterocycles. The van der Waals surface area contributed by atoms with Crippen LogP contribution in [0, 0.1) is 11.3 Å². The molecule has 0 aliphatic heterocycles. The Kier molecular flexibility index (Phi) is 2.88. The van der Waals surface area contributed by atoms with Gasteiger partial charge in [-0.05, 0) is 31.0 Å². The maximum absolute atomic E-state index is 12.0. The number of nitrogens with two attached hydrogens (primary N) is 1. The molecule has 2 aromatic rings. The van der Waals surface area contributed by atoms with Crippen LogP contribution in [0.4, 0.5) is 5.82 Å². The molecule has 3 N–H and O–H groups in total. The lowest BCUT2D eigenvalue weighted by molar-refractivity contribution is 0.0951.